The van der Waals surface area contributed by atoms with Gasteiger partial charge in [-0.25, -0.2) is 4.39 Å². The Morgan fingerprint density at radius 1 is 0.968 bits per heavy atom. The fourth-order valence-corrected chi connectivity index (χ4v) is 6.13. The molecule has 1 aliphatic carbocycles. The molecule has 2 fully saturated rings. The van der Waals surface area contributed by atoms with Gasteiger partial charge in [0.2, 0.25) is 0 Å². The molecule has 1 saturated heterocycles. The molecule has 4 heteroatoms. The predicted octanol–water partition coefficient (Wildman–Crippen LogP) is 5.36. The molecule has 3 atom stereocenters. The van der Waals surface area contributed by atoms with E-state index in [0.717, 1.165) is 24.9 Å². The van der Waals surface area contributed by atoms with Gasteiger partial charge in [-0.15, -0.1) is 0 Å². The molecular weight excluding hydrogens is 387 g/mol. The highest BCUT2D eigenvalue weighted by molar-refractivity contribution is 5.30. The predicted molar refractivity (Wildman–Crippen MR) is 124 cm³/mol. The number of piperidine rings is 1. The molecule has 1 aliphatic heterocycles. The van der Waals surface area contributed by atoms with Gasteiger partial charge >= 0.3 is 0 Å². The second-order valence-electron chi connectivity index (χ2n) is 10.1. The lowest BCUT2D eigenvalue weighted by Crippen LogP contribution is -2.61. The number of aliphatic hydroxyl groups is 1. The number of hydrogen-bond acceptors (Lipinski definition) is 3. The first-order valence-electron chi connectivity index (χ1n) is 11.8. The Kier molecular flexibility index (Phi) is 6.52. The van der Waals surface area contributed by atoms with Gasteiger partial charge < -0.3 is 10.0 Å². The highest BCUT2D eigenvalue weighted by atomic mass is 19.1. The fraction of sp³-hybridized carbons (Fsp3) is 0.556. The van der Waals surface area contributed by atoms with Gasteiger partial charge in [-0.1, -0.05) is 67.8 Å². The van der Waals surface area contributed by atoms with E-state index in [1.54, 1.807) is 12.1 Å². The molecule has 3 nitrogen and oxygen atoms in total. The molecule has 4 rings (SSSR count). The average Bonchev–Trinajstić information content (AvgIpc) is 2.76. The lowest BCUT2D eigenvalue weighted by atomic mass is 9.68. The average molecular weight is 425 g/mol. The van der Waals surface area contributed by atoms with Gasteiger partial charge in [0.05, 0.1) is 5.60 Å². The summed E-state index contributed by atoms with van der Waals surface area (Å²) in [7, 11) is 4.09. The van der Waals surface area contributed by atoms with Gasteiger partial charge in [0.15, 0.2) is 0 Å². The molecule has 0 radical (unpaired) electrons. The summed E-state index contributed by atoms with van der Waals surface area (Å²) in [5, 5.41) is 11.5. The summed E-state index contributed by atoms with van der Waals surface area (Å²) in [4.78, 5) is 4.71. The van der Waals surface area contributed by atoms with E-state index in [9.17, 15) is 5.11 Å². The highest BCUT2D eigenvalue weighted by Gasteiger charge is 2.52. The molecule has 31 heavy (non-hydrogen) atoms. The van der Waals surface area contributed by atoms with Gasteiger partial charge in [0.1, 0.15) is 5.82 Å². The minimum atomic E-state index is -0.847. The molecular formula is C27H37FN2O. The summed E-state index contributed by atoms with van der Waals surface area (Å²) < 4.78 is 15.3. The third-order valence-corrected chi connectivity index (χ3v) is 7.70. The summed E-state index contributed by atoms with van der Waals surface area (Å²) in [5.74, 6) is -0.256. The van der Waals surface area contributed by atoms with Crippen molar-refractivity contribution in [2.45, 2.75) is 62.6 Å². The van der Waals surface area contributed by atoms with Crippen LogP contribution >= 0.6 is 0 Å². The van der Waals surface area contributed by atoms with Gasteiger partial charge in [-0.2, -0.15) is 0 Å². The molecule has 1 heterocycles. The fourth-order valence-electron chi connectivity index (χ4n) is 6.13. The number of benzene rings is 2. The summed E-state index contributed by atoms with van der Waals surface area (Å²) in [6, 6.07) is 17.8. The van der Waals surface area contributed by atoms with Crippen LogP contribution in [-0.4, -0.2) is 47.7 Å². The summed E-state index contributed by atoms with van der Waals surface area (Å²) in [6.45, 7) is 3.43. The van der Waals surface area contributed by atoms with E-state index in [2.05, 4.69) is 40.1 Å². The highest BCUT2D eigenvalue weighted by Crippen LogP contribution is 2.52. The van der Waals surface area contributed by atoms with Crippen molar-refractivity contribution in [1.29, 1.82) is 0 Å². The third-order valence-electron chi connectivity index (χ3n) is 7.70. The Bertz CT molecular complexity index is 861. The van der Waals surface area contributed by atoms with Crippen LogP contribution in [0.15, 0.2) is 54.6 Å². The third kappa shape index (κ3) is 4.30. The first-order chi connectivity index (χ1) is 14.8. The lowest BCUT2D eigenvalue weighted by molar-refractivity contribution is -0.137. The zero-order chi connectivity index (χ0) is 22.1. The van der Waals surface area contributed by atoms with E-state index < -0.39 is 5.60 Å². The zero-order valence-electron chi connectivity index (χ0n) is 19.2. The van der Waals surface area contributed by atoms with Crippen molar-refractivity contribution in [3.63, 3.8) is 0 Å². The molecule has 2 aliphatic rings. The van der Waals surface area contributed by atoms with Crippen LogP contribution in [0.2, 0.25) is 0 Å². The molecule has 0 spiro atoms. The van der Waals surface area contributed by atoms with Crippen LogP contribution in [0.3, 0.4) is 0 Å². The van der Waals surface area contributed by atoms with E-state index in [0.29, 0.717) is 13.0 Å². The van der Waals surface area contributed by atoms with E-state index in [4.69, 9.17) is 0 Å². The van der Waals surface area contributed by atoms with Gasteiger partial charge in [0, 0.05) is 36.2 Å². The van der Waals surface area contributed by atoms with Crippen LogP contribution in [0.4, 0.5) is 4.39 Å². The molecule has 0 bridgehead atoms. The first-order valence-corrected chi connectivity index (χ1v) is 11.8. The van der Waals surface area contributed by atoms with Crippen LogP contribution in [0.25, 0.3) is 0 Å². The smallest absolute Gasteiger partial charge is 0.127 e. The van der Waals surface area contributed by atoms with E-state index in [-0.39, 0.29) is 23.3 Å². The van der Waals surface area contributed by atoms with E-state index in [1.807, 2.05) is 33.2 Å². The number of hydrogen-bond donors (Lipinski definition) is 1. The molecule has 3 unspecified atom stereocenters. The van der Waals surface area contributed by atoms with Crippen molar-refractivity contribution in [2.24, 2.45) is 5.92 Å². The Labute approximate surface area is 186 Å². The maximum absolute atomic E-state index is 15.3. The van der Waals surface area contributed by atoms with Crippen molar-refractivity contribution in [2.75, 3.05) is 27.2 Å². The number of rotatable bonds is 5. The maximum atomic E-state index is 15.3. The maximum Gasteiger partial charge on any atom is 0.127 e. The van der Waals surface area contributed by atoms with Crippen LogP contribution in [0.5, 0.6) is 0 Å². The molecule has 0 amide bonds. The van der Waals surface area contributed by atoms with Crippen LogP contribution < -0.4 is 0 Å². The normalized spacial score (nSPS) is 29.2. The Morgan fingerprint density at radius 2 is 1.61 bits per heavy atom. The largest absolute Gasteiger partial charge is 0.390 e. The Hall–Kier alpha value is -1.75. The Morgan fingerprint density at radius 3 is 2.26 bits per heavy atom. The molecule has 1 N–H and O–H groups in total. The minimum Gasteiger partial charge on any atom is -0.390 e. The van der Waals surface area contributed by atoms with E-state index in [1.165, 1.54) is 24.8 Å². The van der Waals surface area contributed by atoms with Crippen molar-refractivity contribution >= 4 is 0 Å². The summed E-state index contributed by atoms with van der Waals surface area (Å²) in [6.07, 6.45) is 6.49. The van der Waals surface area contributed by atoms with Gasteiger partial charge in [0.25, 0.3) is 0 Å². The van der Waals surface area contributed by atoms with Crippen molar-refractivity contribution in [3.8, 4) is 0 Å². The monoisotopic (exact) mass is 424 g/mol. The topological polar surface area (TPSA) is 26.7 Å². The Balaban J connectivity index is 1.88. The first kappa shape index (κ1) is 22.4. The summed E-state index contributed by atoms with van der Waals surface area (Å²) >= 11 is 0. The molecule has 168 valence electrons. The van der Waals surface area contributed by atoms with Crippen LogP contribution in [0, 0.1) is 11.7 Å². The van der Waals surface area contributed by atoms with Gasteiger partial charge in [-0.3, -0.25) is 4.90 Å². The van der Waals surface area contributed by atoms with Crippen LogP contribution in [-0.2, 0) is 5.54 Å². The number of likely N-dealkylation sites (tertiary alicyclic amines) is 1. The standard InChI is InChI=1S/C27H37FN2O/c1-26(31)18-19-30(27(16-10-5-11-17-27)21-12-6-4-7-13-21)25(23(26)20-29(2)3)22-14-8-9-15-24(22)28/h4,6-9,12-15,23,25,31H,5,10-11,16-20H2,1-3H3. The molecule has 1 saturated carbocycles. The second-order valence-corrected chi connectivity index (χ2v) is 10.1. The summed E-state index contributed by atoms with van der Waals surface area (Å²) in [5.41, 5.74) is 1.09. The van der Waals surface area contributed by atoms with Crippen molar-refractivity contribution in [3.05, 3.63) is 71.5 Å². The minimum absolute atomic E-state index is 0.0873. The lowest BCUT2D eigenvalue weighted by Gasteiger charge is -2.58. The second kappa shape index (κ2) is 9.01. The molecule has 0 aromatic heterocycles. The van der Waals surface area contributed by atoms with Crippen molar-refractivity contribution in [1.82, 2.24) is 9.80 Å². The number of halogens is 1. The zero-order valence-corrected chi connectivity index (χ0v) is 19.2. The SMILES string of the molecule is CN(C)CC1C(c2ccccc2F)N(C2(c3ccccc3)CCCCC2)CCC1(C)O. The molecule has 2 aromatic rings. The van der Waals surface area contributed by atoms with E-state index >= 15 is 4.39 Å². The number of nitrogens with zero attached hydrogens (tertiary/aromatic N) is 2. The molecule has 2 aromatic carbocycles. The van der Waals surface area contributed by atoms with Crippen molar-refractivity contribution < 1.29 is 9.50 Å². The van der Waals surface area contributed by atoms with Crippen LogP contribution in [0.1, 0.15) is 62.6 Å². The quantitative estimate of drug-likeness (QED) is 0.700. The van der Waals surface area contributed by atoms with Gasteiger partial charge in [-0.05, 0) is 51.9 Å².